The van der Waals surface area contributed by atoms with Crippen LogP contribution in [0.1, 0.15) is 5.69 Å². The molecule has 0 aliphatic rings. The number of pyridine rings is 2. The lowest BCUT2D eigenvalue weighted by atomic mass is 10.1. The summed E-state index contributed by atoms with van der Waals surface area (Å²) >= 11 is 0. The maximum absolute atomic E-state index is 4.66. The first-order valence-electron chi connectivity index (χ1n) is 5.91. The summed E-state index contributed by atoms with van der Waals surface area (Å²) in [5.74, 6) is 0. The lowest BCUT2D eigenvalue weighted by molar-refractivity contribution is 0.800. The van der Waals surface area contributed by atoms with E-state index >= 15 is 0 Å². The number of fused-ring (bicyclic) bond motifs is 1. The zero-order chi connectivity index (χ0) is 12.4. The van der Waals surface area contributed by atoms with Gasteiger partial charge in [0.05, 0.1) is 11.4 Å². The van der Waals surface area contributed by atoms with E-state index in [2.05, 4.69) is 19.7 Å². The minimum Gasteiger partial charge on any atom is -0.314 e. The van der Waals surface area contributed by atoms with Gasteiger partial charge in [-0.1, -0.05) is 6.07 Å². The molecule has 0 bridgehead atoms. The van der Waals surface area contributed by atoms with E-state index in [0.29, 0.717) is 0 Å². The summed E-state index contributed by atoms with van der Waals surface area (Å²) in [7, 11) is 1.93. The van der Waals surface area contributed by atoms with Gasteiger partial charge in [-0.3, -0.25) is 9.38 Å². The predicted molar refractivity (Wildman–Crippen MR) is 71.2 cm³/mol. The van der Waals surface area contributed by atoms with Gasteiger partial charge in [0, 0.05) is 30.7 Å². The fourth-order valence-corrected chi connectivity index (χ4v) is 2.15. The number of imidazole rings is 1. The highest BCUT2D eigenvalue weighted by atomic mass is 15.0. The van der Waals surface area contributed by atoms with Gasteiger partial charge in [0.25, 0.3) is 0 Å². The van der Waals surface area contributed by atoms with Crippen LogP contribution >= 0.6 is 0 Å². The van der Waals surface area contributed by atoms with Crippen LogP contribution in [0.4, 0.5) is 0 Å². The molecule has 0 atom stereocenters. The number of hydrogen-bond acceptors (Lipinski definition) is 3. The Balaban J connectivity index is 2.28. The van der Waals surface area contributed by atoms with Crippen LogP contribution in [0.3, 0.4) is 0 Å². The minimum absolute atomic E-state index is 0.749. The van der Waals surface area contributed by atoms with Gasteiger partial charge < -0.3 is 5.32 Å². The van der Waals surface area contributed by atoms with Crippen molar-refractivity contribution >= 4 is 5.65 Å². The van der Waals surface area contributed by atoms with Gasteiger partial charge in [0.1, 0.15) is 5.65 Å². The summed E-state index contributed by atoms with van der Waals surface area (Å²) < 4.78 is 2.11. The third-order valence-electron chi connectivity index (χ3n) is 2.90. The maximum atomic E-state index is 4.66. The fraction of sp³-hybridized carbons (Fsp3) is 0.143. The number of hydrogen-bond donors (Lipinski definition) is 1. The molecule has 0 aliphatic carbocycles. The van der Waals surface area contributed by atoms with Crippen LogP contribution in [-0.2, 0) is 6.54 Å². The predicted octanol–water partition coefficient (Wildman–Crippen LogP) is 2.12. The summed E-state index contributed by atoms with van der Waals surface area (Å²) in [5, 5.41) is 3.16. The van der Waals surface area contributed by atoms with E-state index in [9.17, 15) is 0 Å². The van der Waals surface area contributed by atoms with Crippen molar-refractivity contribution < 1.29 is 0 Å². The first kappa shape index (κ1) is 10.9. The summed E-state index contributed by atoms with van der Waals surface area (Å²) in [6.45, 7) is 0.749. The molecule has 3 rings (SSSR count). The molecule has 0 radical (unpaired) electrons. The Morgan fingerprint density at radius 2 is 2.00 bits per heavy atom. The molecule has 0 saturated heterocycles. The van der Waals surface area contributed by atoms with Crippen molar-refractivity contribution in [3.8, 4) is 11.3 Å². The van der Waals surface area contributed by atoms with Gasteiger partial charge in [-0.15, -0.1) is 0 Å². The van der Waals surface area contributed by atoms with Crippen LogP contribution < -0.4 is 5.32 Å². The Labute approximate surface area is 105 Å². The van der Waals surface area contributed by atoms with Crippen molar-refractivity contribution in [3.63, 3.8) is 0 Å². The third kappa shape index (κ3) is 1.76. The van der Waals surface area contributed by atoms with Crippen LogP contribution in [0.15, 0.2) is 48.9 Å². The third-order valence-corrected chi connectivity index (χ3v) is 2.90. The Bertz CT molecular complexity index is 658. The summed E-state index contributed by atoms with van der Waals surface area (Å²) in [5.41, 5.74) is 4.28. The lowest BCUT2D eigenvalue weighted by Crippen LogP contribution is -2.06. The van der Waals surface area contributed by atoms with Crippen molar-refractivity contribution in [2.45, 2.75) is 6.54 Å². The Morgan fingerprint density at radius 1 is 1.17 bits per heavy atom. The van der Waals surface area contributed by atoms with Crippen molar-refractivity contribution in [2.75, 3.05) is 7.05 Å². The quantitative estimate of drug-likeness (QED) is 0.760. The number of nitrogens with one attached hydrogen (secondary N) is 1. The normalized spacial score (nSPS) is 10.9. The van der Waals surface area contributed by atoms with Crippen molar-refractivity contribution in [2.24, 2.45) is 0 Å². The van der Waals surface area contributed by atoms with E-state index in [4.69, 9.17) is 0 Å². The van der Waals surface area contributed by atoms with E-state index in [-0.39, 0.29) is 0 Å². The molecule has 3 aromatic rings. The molecular formula is C14H14N4. The highest BCUT2D eigenvalue weighted by molar-refractivity contribution is 5.66. The second-order valence-electron chi connectivity index (χ2n) is 4.10. The average molecular weight is 238 g/mol. The molecule has 1 N–H and O–H groups in total. The standard InChI is InChI=1S/C14H14N4/c1-15-10-12-14(11-5-7-16-8-6-11)18-9-3-2-4-13(18)17-12/h2-9,15H,10H2,1H3. The molecule has 90 valence electrons. The monoisotopic (exact) mass is 238 g/mol. The largest absolute Gasteiger partial charge is 0.314 e. The van der Waals surface area contributed by atoms with Crippen LogP contribution in [0.2, 0.25) is 0 Å². The molecule has 0 aromatic carbocycles. The van der Waals surface area contributed by atoms with Crippen LogP contribution in [-0.4, -0.2) is 21.4 Å². The van der Waals surface area contributed by atoms with E-state index in [1.165, 1.54) is 0 Å². The molecule has 3 aromatic heterocycles. The Morgan fingerprint density at radius 3 is 2.78 bits per heavy atom. The molecule has 0 unspecified atom stereocenters. The van der Waals surface area contributed by atoms with Crippen LogP contribution in [0.5, 0.6) is 0 Å². The average Bonchev–Trinajstić information content (AvgIpc) is 2.78. The van der Waals surface area contributed by atoms with E-state index in [0.717, 1.165) is 29.1 Å². The smallest absolute Gasteiger partial charge is 0.137 e. The molecule has 18 heavy (non-hydrogen) atoms. The molecule has 4 heteroatoms. The first-order chi connectivity index (χ1) is 8.90. The van der Waals surface area contributed by atoms with Crippen molar-refractivity contribution in [3.05, 3.63) is 54.6 Å². The molecule has 4 nitrogen and oxygen atoms in total. The number of rotatable bonds is 3. The Kier molecular flexibility index (Phi) is 2.78. The molecule has 0 aliphatic heterocycles. The minimum atomic E-state index is 0.749. The topological polar surface area (TPSA) is 42.2 Å². The highest BCUT2D eigenvalue weighted by Crippen LogP contribution is 2.24. The molecular weight excluding hydrogens is 224 g/mol. The lowest BCUT2D eigenvalue weighted by Gasteiger charge is -2.04. The number of nitrogens with zero attached hydrogens (tertiary/aromatic N) is 3. The maximum Gasteiger partial charge on any atom is 0.137 e. The molecule has 0 fully saturated rings. The zero-order valence-corrected chi connectivity index (χ0v) is 10.2. The van der Waals surface area contributed by atoms with Gasteiger partial charge in [0.15, 0.2) is 0 Å². The molecule has 3 heterocycles. The van der Waals surface area contributed by atoms with Gasteiger partial charge in [-0.05, 0) is 31.3 Å². The Hall–Kier alpha value is -2.20. The van der Waals surface area contributed by atoms with Crippen LogP contribution in [0, 0.1) is 0 Å². The molecule has 0 amide bonds. The fourth-order valence-electron chi connectivity index (χ4n) is 2.15. The van der Waals surface area contributed by atoms with Gasteiger partial charge >= 0.3 is 0 Å². The zero-order valence-electron chi connectivity index (χ0n) is 10.2. The number of aromatic nitrogens is 3. The second kappa shape index (κ2) is 4.58. The van der Waals surface area contributed by atoms with Gasteiger partial charge in [-0.25, -0.2) is 4.98 Å². The van der Waals surface area contributed by atoms with Crippen molar-refractivity contribution in [1.82, 2.24) is 19.7 Å². The summed E-state index contributed by atoms with van der Waals surface area (Å²) in [6.07, 6.45) is 5.65. The van der Waals surface area contributed by atoms with E-state index in [1.54, 1.807) is 12.4 Å². The SMILES string of the molecule is CNCc1nc2ccccn2c1-c1ccncc1. The second-order valence-corrected chi connectivity index (χ2v) is 4.10. The first-order valence-corrected chi connectivity index (χ1v) is 5.91. The van der Waals surface area contributed by atoms with Gasteiger partial charge in [-0.2, -0.15) is 0 Å². The summed E-state index contributed by atoms with van der Waals surface area (Å²) in [4.78, 5) is 8.72. The molecule has 0 saturated carbocycles. The van der Waals surface area contributed by atoms with Crippen LogP contribution in [0.25, 0.3) is 16.9 Å². The highest BCUT2D eigenvalue weighted by Gasteiger charge is 2.12. The van der Waals surface area contributed by atoms with Crippen molar-refractivity contribution in [1.29, 1.82) is 0 Å². The molecule has 0 spiro atoms. The van der Waals surface area contributed by atoms with Gasteiger partial charge in [0.2, 0.25) is 0 Å². The van der Waals surface area contributed by atoms with E-state index in [1.807, 2.05) is 43.6 Å². The van der Waals surface area contributed by atoms with E-state index < -0.39 is 0 Å². The summed E-state index contributed by atoms with van der Waals surface area (Å²) in [6, 6.07) is 10.1.